The second kappa shape index (κ2) is 25.0. The monoisotopic (exact) mass is 952 g/mol. The van der Waals surface area contributed by atoms with Crippen LogP contribution >= 0.6 is 8.53 Å². The van der Waals surface area contributed by atoms with Gasteiger partial charge >= 0.3 is 5.69 Å². The Morgan fingerprint density at radius 3 is 2.49 bits per heavy atom. The van der Waals surface area contributed by atoms with E-state index in [1.54, 1.807) is 44.2 Å². The van der Waals surface area contributed by atoms with Crippen molar-refractivity contribution in [3.8, 4) is 17.9 Å². The molecule has 0 saturated carbocycles. The number of anilines is 1. The third kappa shape index (κ3) is 14.5. The van der Waals surface area contributed by atoms with Crippen LogP contribution in [0, 0.1) is 47.1 Å². The van der Waals surface area contributed by atoms with Crippen molar-refractivity contribution in [1.82, 2.24) is 19.5 Å². The number of aliphatic hydroxyl groups excluding tert-OH is 1. The Morgan fingerprint density at radius 2 is 1.81 bits per heavy atom. The summed E-state index contributed by atoms with van der Waals surface area (Å²) < 4.78 is 30.0. The molecule has 1 fully saturated rings. The van der Waals surface area contributed by atoms with Gasteiger partial charge in [0.1, 0.15) is 11.8 Å². The molecule has 4 atom stereocenters. The molecule has 4 aromatic rings. The summed E-state index contributed by atoms with van der Waals surface area (Å²) in [5, 5.41) is 50.4. The summed E-state index contributed by atoms with van der Waals surface area (Å²) in [5.74, 6) is 5.29. The van der Waals surface area contributed by atoms with E-state index in [1.807, 2.05) is 51.8 Å². The Labute approximate surface area is 397 Å². The average Bonchev–Trinajstić information content (AvgIpc) is 3.72. The van der Waals surface area contributed by atoms with Crippen molar-refractivity contribution in [3.63, 3.8) is 0 Å². The van der Waals surface area contributed by atoms with Crippen LogP contribution < -0.4 is 21.5 Å². The molecule has 5 rings (SSSR count). The van der Waals surface area contributed by atoms with Gasteiger partial charge in [0, 0.05) is 63.4 Å². The van der Waals surface area contributed by atoms with Gasteiger partial charge in [-0.3, -0.25) is 29.3 Å². The molecule has 20 nitrogen and oxygen atoms in total. The number of ether oxygens (including phenoxy) is 1. The van der Waals surface area contributed by atoms with Gasteiger partial charge in [-0.25, -0.2) is 9.46 Å². The highest BCUT2D eigenvalue weighted by Crippen LogP contribution is 2.50. The maximum atomic E-state index is 13.0. The first-order valence-electron chi connectivity index (χ1n) is 22.7. The molecule has 0 aliphatic carbocycles. The topological polar surface area (TPSA) is 255 Å². The second-order valence-electron chi connectivity index (χ2n) is 16.5. The number of nitrogens with one attached hydrogen (secondary N) is 2. The van der Waals surface area contributed by atoms with E-state index in [0.717, 1.165) is 11.3 Å². The van der Waals surface area contributed by atoms with Gasteiger partial charge in [0.2, 0.25) is 5.91 Å². The minimum Gasteiger partial charge on any atom is -0.392 e. The van der Waals surface area contributed by atoms with Gasteiger partial charge in [0.25, 0.3) is 19.8 Å². The summed E-state index contributed by atoms with van der Waals surface area (Å²) in [4.78, 5) is 53.6. The number of nitro groups is 1. The van der Waals surface area contributed by atoms with Gasteiger partial charge in [0.15, 0.2) is 5.69 Å². The number of aromatic amines is 1. The summed E-state index contributed by atoms with van der Waals surface area (Å²) >= 11 is 0. The number of aromatic nitrogens is 2. The number of nitriles is 1. The summed E-state index contributed by atoms with van der Waals surface area (Å²) in [7, 11) is 0.273. The largest absolute Gasteiger partial charge is 0.392 e. The molecule has 1 aromatic heterocycles. The number of benzene rings is 3. The molecule has 2 heterocycles. The molecule has 1 amide bonds. The van der Waals surface area contributed by atoms with Gasteiger partial charge in [-0.1, -0.05) is 17.9 Å². The highest BCUT2D eigenvalue weighted by Gasteiger charge is 2.39. The number of carbonyl (C=O) groups is 1. The van der Waals surface area contributed by atoms with Crippen molar-refractivity contribution in [3.05, 3.63) is 114 Å². The van der Waals surface area contributed by atoms with Crippen molar-refractivity contribution >= 4 is 48.6 Å². The summed E-state index contributed by atoms with van der Waals surface area (Å²) in [5.41, 5.74) is 2.72. The molecule has 3 N–H and O–H groups in total. The van der Waals surface area contributed by atoms with Crippen molar-refractivity contribution in [2.45, 2.75) is 111 Å². The summed E-state index contributed by atoms with van der Waals surface area (Å²) in [6, 6.07) is 17.5. The molecule has 0 radical (unpaired) electrons. The van der Waals surface area contributed by atoms with E-state index in [2.05, 4.69) is 53.3 Å². The van der Waals surface area contributed by atoms with Crippen LogP contribution in [0.2, 0.25) is 0 Å². The Kier molecular flexibility index (Phi) is 18.7. The van der Waals surface area contributed by atoms with Crippen LogP contribution in [-0.4, -0.2) is 81.2 Å². The minimum absolute atomic E-state index is 0.00363. The van der Waals surface area contributed by atoms with Crippen LogP contribution in [0.5, 0.6) is 0 Å². The van der Waals surface area contributed by atoms with Gasteiger partial charge in [0.05, 0.1) is 66.4 Å². The highest BCUT2D eigenvalue weighted by molar-refractivity contribution is 7.44. The number of aliphatic hydroxyl groups is 1. The first-order chi connectivity index (χ1) is 33.0. The molecular weight excluding hydrogens is 894 g/mol. The number of hydrogen-bond acceptors (Lipinski definition) is 16. The molecule has 68 heavy (non-hydrogen) atoms. The van der Waals surface area contributed by atoms with Gasteiger partial charge < -0.3 is 29.1 Å². The smallest absolute Gasteiger partial charge is 0.330 e. The number of azo groups is 2. The molecule has 0 bridgehead atoms. The molecule has 3 aromatic carbocycles. The Balaban J connectivity index is 1.11. The van der Waals surface area contributed by atoms with Crippen LogP contribution in [0.25, 0.3) is 0 Å². The second-order valence-corrected chi connectivity index (χ2v) is 17.9. The molecular formula is C47H58N11O9P. The number of hydrogen-bond donors (Lipinski definition) is 3. The summed E-state index contributed by atoms with van der Waals surface area (Å²) in [6.45, 7) is 11.8. The van der Waals surface area contributed by atoms with E-state index < -0.39 is 43.1 Å². The zero-order chi connectivity index (χ0) is 50.2. The van der Waals surface area contributed by atoms with E-state index in [4.69, 9.17) is 20.4 Å². The van der Waals surface area contributed by atoms with Crippen molar-refractivity contribution < 1.29 is 30.0 Å². The Morgan fingerprint density at radius 1 is 1.09 bits per heavy atom. The molecule has 1 saturated heterocycles. The SMILES string of the molecule is [2H]CC1OC(n2cc(C#CCNC(=O)CCCN(C)c3ccc(/N=N\c4cc(C)c(/N=N/c5ccc(C)cc5[N+](=O)[O-])cc4CO)cc3)c(=O)[nH]c2=O)CC1OP(OCCC#N)N(C(C)C)C(C)C. The molecule has 1 aliphatic heterocycles. The maximum absolute atomic E-state index is 13.0. The lowest BCUT2D eigenvalue weighted by molar-refractivity contribution is -0.384. The van der Waals surface area contributed by atoms with Crippen LogP contribution in [0.3, 0.4) is 0 Å². The zero-order valence-electron chi connectivity index (χ0n) is 40.2. The molecule has 21 heteroatoms. The van der Waals surface area contributed by atoms with Crippen molar-refractivity contribution in [2.75, 3.05) is 31.6 Å². The zero-order valence-corrected chi connectivity index (χ0v) is 40.1. The first-order valence-corrected chi connectivity index (χ1v) is 23.1. The third-order valence-electron chi connectivity index (χ3n) is 10.6. The average molecular weight is 953 g/mol. The summed E-state index contributed by atoms with van der Waals surface area (Å²) in [6.07, 6.45) is 0.309. The number of carbonyl (C=O) groups excluding carboxylic acids is 1. The lowest BCUT2D eigenvalue weighted by Gasteiger charge is -2.37. The van der Waals surface area contributed by atoms with E-state index in [0.29, 0.717) is 41.2 Å². The van der Waals surface area contributed by atoms with Crippen LogP contribution in [-0.2, 0) is 25.2 Å². The lowest BCUT2D eigenvalue weighted by Crippen LogP contribution is -2.35. The minimum atomic E-state index is -1.63. The van der Waals surface area contributed by atoms with Crippen LogP contribution in [0.15, 0.2) is 90.8 Å². The van der Waals surface area contributed by atoms with Crippen LogP contribution in [0.4, 0.5) is 34.1 Å². The standard InChI is InChI=1S/C47H58N11O9P/c1-30(2)57(31(3)4)68(65-23-11-20-48)67-43-27-45(66-34(43)7)56-28-35(46(61)50-47(56)62)12-9-21-49-44(60)13-10-22-55(8)38-17-15-37(16-18-38)51-54-41-25-33(6)40(26-36(41)29-59)53-52-39-19-14-32(5)24-42(39)58(63)64/h14-19,24-26,28,30-31,34,43,45,59H,10-11,13,21-23,27,29H2,1-8H3,(H,49,60)(H,50,61,62)/b53-52+,54-51-/i7D. The number of aryl methyl sites for hydroxylation is 2. The quantitative estimate of drug-likeness (QED) is 0.0177. The molecule has 360 valence electrons. The highest BCUT2D eigenvalue weighted by atomic mass is 31.2. The lowest BCUT2D eigenvalue weighted by atomic mass is 10.1. The number of H-pyrrole nitrogens is 1. The Hall–Kier alpha value is -6.51. The van der Waals surface area contributed by atoms with Gasteiger partial charge in [-0.05, 0) is 108 Å². The fourth-order valence-corrected chi connectivity index (χ4v) is 8.83. The Bertz CT molecular complexity index is 2700. The maximum Gasteiger partial charge on any atom is 0.330 e. The number of amides is 1. The normalized spacial score (nSPS) is 16.6. The van der Waals surface area contributed by atoms with Crippen LogP contribution in [0.1, 0.15) is 90.1 Å². The molecule has 4 unspecified atom stereocenters. The first kappa shape index (κ1) is 50.9. The van der Waals surface area contributed by atoms with E-state index >= 15 is 0 Å². The number of nitro benzene ring substituents is 1. The fraction of sp³-hybridized carbons (Fsp3) is 0.447. The predicted molar refractivity (Wildman–Crippen MR) is 258 cm³/mol. The van der Waals surface area contributed by atoms with E-state index in [9.17, 15) is 29.6 Å². The van der Waals surface area contributed by atoms with Crippen molar-refractivity contribution in [1.29, 1.82) is 5.26 Å². The van der Waals surface area contributed by atoms with E-state index in [1.165, 1.54) is 22.9 Å². The third-order valence-corrected chi connectivity index (χ3v) is 12.7. The van der Waals surface area contributed by atoms with Gasteiger partial charge in [-0.2, -0.15) is 20.6 Å². The van der Waals surface area contributed by atoms with Crippen molar-refractivity contribution in [2.24, 2.45) is 20.5 Å². The van der Waals surface area contributed by atoms with Gasteiger partial charge in [-0.15, -0.1) is 5.11 Å². The number of nitrogens with zero attached hydrogens (tertiary/aromatic N) is 9. The predicted octanol–water partition coefficient (Wildman–Crippen LogP) is 8.74. The molecule has 1 aliphatic rings. The molecule has 0 spiro atoms. The van der Waals surface area contributed by atoms with E-state index in [-0.39, 0.29) is 80.8 Å². The fourth-order valence-electron chi connectivity index (χ4n) is 7.07. The number of rotatable bonds is 21.